The summed E-state index contributed by atoms with van der Waals surface area (Å²) in [6.45, 7) is 13.9. The number of nitrogens with zero attached hydrogens (tertiary/aromatic N) is 5. The van der Waals surface area contributed by atoms with Crippen molar-refractivity contribution >= 4 is 139 Å². The molecule has 0 saturated carbocycles. The number of anilines is 6. The summed E-state index contributed by atoms with van der Waals surface area (Å²) in [4.78, 5) is 5.64. The van der Waals surface area contributed by atoms with E-state index in [1.54, 1.807) is 0 Å². The monoisotopic (exact) mass is 1480 g/mol. The van der Waals surface area contributed by atoms with Gasteiger partial charge in [0.25, 0.3) is 6.71 Å². The van der Waals surface area contributed by atoms with Crippen molar-refractivity contribution in [3.63, 3.8) is 0 Å². The first-order valence-corrected chi connectivity index (χ1v) is 40.8. The van der Waals surface area contributed by atoms with E-state index in [0.29, 0.717) is 0 Å². The minimum Gasteiger partial charge on any atom is -0.309 e. The van der Waals surface area contributed by atoms with Gasteiger partial charge in [0.05, 0.1) is 61.4 Å². The first kappa shape index (κ1) is 67.5. The summed E-state index contributed by atoms with van der Waals surface area (Å²) in [6, 6.07) is 143. The molecule has 0 bridgehead atoms. The number of benzene rings is 17. The minimum absolute atomic E-state index is 0.242. The molecule has 23 rings (SSSR count). The fraction of sp³-hybridized carbons (Fsp3) is 0.0727. The van der Waals surface area contributed by atoms with Crippen LogP contribution in [0.3, 0.4) is 0 Å². The minimum atomic E-state index is -0.356. The standard InChI is InChI=1S/C110H80BN5/c1-109(2,3)77-63-87(71-37-15-9-16-38-71)104(88(64-77)72-39-17-10-18-40-72)115-99-67-79(112-93-51-25-19-45-81(93)82-46-20-26-52-94(82)112)57-59-91(99)111-92-60-58-80(113-95-53-27-21-47-83(95)84-48-22-28-54-96(84)113)68-100(92)116(108-102-86-50-24-30-56-98(86)114-97-55-29-23-49-85(97)101(106(102)114)107(115)103(108)111)105-89(75-43-31-41-73(61-75)69-33-11-7-12-34-69)65-78(110(4,5)6)66-90(105)76-44-32-42-74(62-76)70-35-13-8-14-36-70/h7-68H,1-6H3. The lowest BCUT2D eigenvalue weighted by atomic mass is 9.33. The van der Waals surface area contributed by atoms with Crippen LogP contribution in [0, 0.1) is 0 Å². The third-order valence-electron chi connectivity index (χ3n) is 25.2. The summed E-state index contributed by atoms with van der Waals surface area (Å²) >= 11 is 0. The first-order valence-electron chi connectivity index (χ1n) is 40.8. The van der Waals surface area contributed by atoms with Gasteiger partial charge in [-0.05, 0) is 180 Å². The van der Waals surface area contributed by atoms with E-state index in [4.69, 9.17) is 0 Å². The highest BCUT2D eigenvalue weighted by atomic mass is 15.2. The quantitative estimate of drug-likeness (QED) is 0.127. The summed E-state index contributed by atoms with van der Waals surface area (Å²) in [5.41, 5.74) is 36.4. The van der Waals surface area contributed by atoms with Crippen LogP contribution in [-0.4, -0.2) is 20.2 Å². The number of aromatic nitrogens is 3. The van der Waals surface area contributed by atoms with E-state index in [2.05, 4.69) is 441 Å². The van der Waals surface area contributed by atoms with Gasteiger partial charge in [0, 0.05) is 88.1 Å². The fourth-order valence-electron chi connectivity index (χ4n) is 19.9. The van der Waals surface area contributed by atoms with Gasteiger partial charge in [0.2, 0.25) is 0 Å². The molecule has 5 nitrogen and oxygen atoms in total. The van der Waals surface area contributed by atoms with Crippen LogP contribution in [0.15, 0.2) is 376 Å². The van der Waals surface area contributed by atoms with Gasteiger partial charge in [-0.25, -0.2) is 0 Å². The van der Waals surface area contributed by atoms with Gasteiger partial charge in [0.15, 0.2) is 0 Å². The van der Waals surface area contributed by atoms with Gasteiger partial charge in [-0.3, -0.25) is 0 Å². The molecule has 17 aromatic carbocycles. The average molecular weight is 1480 g/mol. The number of hydrogen-bond acceptors (Lipinski definition) is 2. The van der Waals surface area contributed by atoms with Gasteiger partial charge >= 0.3 is 0 Å². The maximum atomic E-state index is 2.83. The molecule has 2 aliphatic rings. The average Bonchev–Trinajstić information content (AvgIpc) is 1.35. The summed E-state index contributed by atoms with van der Waals surface area (Å²) in [5.74, 6) is 0. The molecule has 6 heterocycles. The highest BCUT2D eigenvalue weighted by Gasteiger charge is 2.49. The molecule has 0 amide bonds. The van der Waals surface area contributed by atoms with Crippen LogP contribution in [0.5, 0.6) is 0 Å². The molecule has 4 aromatic heterocycles. The molecule has 6 heteroatoms. The maximum Gasteiger partial charge on any atom is 0.252 e. The molecule has 0 spiro atoms. The summed E-state index contributed by atoms with van der Waals surface area (Å²) in [6.07, 6.45) is 0. The number of fused-ring (bicyclic) bond motifs is 18. The van der Waals surface area contributed by atoms with Gasteiger partial charge in [0.1, 0.15) is 0 Å². The van der Waals surface area contributed by atoms with E-state index in [1.165, 1.54) is 76.1 Å². The normalized spacial score (nSPS) is 12.9. The van der Waals surface area contributed by atoms with Crippen LogP contribution in [-0.2, 0) is 10.8 Å². The number of rotatable bonds is 10. The van der Waals surface area contributed by atoms with E-state index >= 15 is 0 Å². The zero-order valence-corrected chi connectivity index (χ0v) is 65.6. The van der Waals surface area contributed by atoms with Crippen molar-refractivity contribution in [3.8, 4) is 78.1 Å². The highest BCUT2D eigenvalue weighted by molar-refractivity contribution is 7.01. The Morgan fingerprint density at radius 3 is 0.879 bits per heavy atom. The molecule has 0 saturated heterocycles. The molecule has 548 valence electrons. The Labute approximate surface area is 675 Å². The van der Waals surface area contributed by atoms with Crippen molar-refractivity contribution < 1.29 is 0 Å². The van der Waals surface area contributed by atoms with Crippen molar-refractivity contribution in [2.45, 2.75) is 52.4 Å². The van der Waals surface area contributed by atoms with Gasteiger partial charge < -0.3 is 23.3 Å². The lowest BCUT2D eigenvalue weighted by Crippen LogP contribution is -2.61. The molecule has 0 aliphatic carbocycles. The van der Waals surface area contributed by atoms with Crippen molar-refractivity contribution in [2.24, 2.45) is 0 Å². The lowest BCUT2D eigenvalue weighted by Gasteiger charge is -2.46. The first-order chi connectivity index (χ1) is 56.9. The van der Waals surface area contributed by atoms with Crippen LogP contribution < -0.4 is 26.2 Å². The Bertz CT molecular complexity index is 7330. The lowest BCUT2D eigenvalue weighted by molar-refractivity contribution is 0.590. The molecule has 0 N–H and O–H groups in total. The van der Waals surface area contributed by atoms with Crippen molar-refractivity contribution in [1.29, 1.82) is 0 Å². The molecule has 0 fully saturated rings. The molecule has 2 aliphatic heterocycles. The van der Waals surface area contributed by atoms with E-state index in [0.717, 1.165) is 145 Å². The van der Waals surface area contributed by atoms with E-state index in [9.17, 15) is 0 Å². The molecule has 0 unspecified atom stereocenters. The molecule has 21 aromatic rings. The molecule has 0 atom stereocenters. The number of hydrogen-bond donors (Lipinski definition) is 0. The maximum absolute atomic E-state index is 2.83. The fourth-order valence-corrected chi connectivity index (χ4v) is 19.9. The topological polar surface area (TPSA) is 20.8 Å². The van der Waals surface area contributed by atoms with Gasteiger partial charge in [-0.15, -0.1) is 0 Å². The Kier molecular flexibility index (Phi) is 14.9. The third kappa shape index (κ3) is 10.2. The second-order valence-corrected chi connectivity index (χ2v) is 33.9. The second kappa shape index (κ2) is 25.7. The van der Waals surface area contributed by atoms with Gasteiger partial charge in [-0.1, -0.05) is 321 Å². The van der Waals surface area contributed by atoms with E-state index in [-0.39, 0.29) is 17.5 Å². The molecular weight excluding hydrogens is 1400 g/mol. The predicted molar refractivity (Wildman–Crippen MR) is 494 cm³/mol. The van der Waals surface area contributed by atoms with E-state index in [1.807, 2.05) is 0 Å². The Hall–Kier alpha value is -14.2. The Morgan fingerprint density at radius 1 is 0.233 bits per heavy atom. The molecular formula is C110H80BN5. The third-order valence-corrected chi connectivity index (χ3v) is 25.2. The predicted octanol–water partition coefficient (Wildman–Crippen LogP) is 27.7. The zero-order valence-electron chi connectivity index (χ0n) is 65.6. The summed E-state index contributed by atoms with van der Waals surface area (Å²) in [7, 11) is 0. The zero-order chi connectivity index (χ0) is 77.4. The summed E-state index contributed by atoms with van der Waals surface area (Å²) in [5, 5.41) is 9.67. The highest BCUT2D eigenvalue weighted by Crippen LogP contribution is 2.60. The van der Waals surface area contributed by atoms with Crippen molar-refractivity contribution in [2.75, 3.05) is 9.80 Å². The van der Waals surface area contributed by atoms with Crippen LogP contribution in [0.1, 0.15) is 52.7 Å². The van der Waals surface area contributed by atoms with E-state index < -0.39 is 0 Å². The van der Waals surface area contributed by atoms with Crippen LogP contribution in [0.25, 0.3) is 160 Å². The SMILES string of the molecule is CC(C)(C)c1cc(-c2ccccc2)c(N2c3cc(-n4c5ccccc5c5ccccc54)ccc3B3c4ccc(-n5c6ccccc6c6ccccc65)cc4N(c4c(-c5cccc(-c6ccccc6)c5)cc(C(C)(C)C)cc4-c4cccc(-c5ccccc5)c4)c4c3c2c2c3ccccc3n3c5ccccc5c4c23)c(-c2ccccc2)c1. The molecule has 116 heavy (non-hydrogen) atoms. The summed E-state index contributed by atoms with van der Waals surface area (Å²) < 4.78 is 7.70. The van der Waals surface area contributed by atoms with Crippen molar-refractivity contribution in [1.82, 2.24) is 13.5 Å². The van der Waals surface area contributed by atoms with Crippen LogP contribution in [0.2, 0.25) is 0 Å². The molecule has 0 radical (unpaired) electrons. The van der Waals surface area contributed by atoms with Crippen molar-refractivity contribution in [3.05, 3.63) is 387 Å². The largest absolute Gasteiger partial charge is 0.309 e. The van der Waals surface area contributed by atoms with Gasteiger partial charge in [-0.2, -0.15) is 0 Å². The Morgan fingerprint density at radius 2 is 0.526 bits per heavy atom. The van der Waals surface area contributed by atoms with Crippen LogP contribution >= 0.6 is 0 Å². The Balaban J connectivity index is 0.965. The smallest absolute Gasteiger partial charge is 0.252 e. The second-order valence-electron chi connectivity index (χ2n) is 33.9. The van der Waals surface area contributed by atoms with Crippen LogP contribution in [0.4, 0.5) is 34.1 Å². The number of para-hydroxylation sites is 6.